The van der Waals surface area contributed by atoms with Crippen LogP contribution in [0.2, 0.25) is 0 Å². The smallest absolute Gasteiger partial charge is 0.227 e. The number of hydrogen-bond acceptors (Lipinski definition) is 3. The summed E-state index contributed by atoms with van der Waals surface area (Å²) < 4.78 is 5.73. The molecule has 5 heteroatoms. The Kier molecular flexibility index (Phi) is 4.94. The molecule has 3 heterocycles. The number of carbonyl (C=O) groups is 2. The highest BCUT2D eigenvalue weighted by Crippen LogP contribution is 2.28. The molecule has 1 aromatic heterocycles. The van der Waals surface area contributed by atoms with E-state index in [0.717, 1.165) is 60.9 Å². The molecule has 0 bridgehead atoms. The number of amides is 2. The van der Waals surface area contributed by atoms with Crippen LogP contribution in [0.4, 0.5) is 0 Å². The van der Waals surface area contributed by atoms with Gasteiger partial charge >= 0.3 is 0 Å². The highest BCUT2D eigenvalue weighted by atomic mass is 16.3. The number of furan rings is 1. The van der Waals surface area contributed by atoms with Crippen molar-refractivity contribution in [2.45, 2.75) is 46.0 Å². The number of hydrogen-bond donors (Lipinski definition) is 0. The molecule has 0 saturated carbocycles. The van der Waals surface area contributed by atoms with Gasteiger partial charge in [-0.05, 0) is 50.7 Å². The van der Waals surface area contributed by atoms with E-state index < -0.39 is 0 Å². The zero-order chi connectivity index (χ0) is 19.0. The third-order valence-electron chi connectivity index (χ3n) is 6.30. The van der Waals surface area contributed by atoms with Crippen molar-refractivity contribution in [2.24, 2.45) is 5.92 Å². The fourth-order valence-electron chi connectivity index (χ4n) is 4.37. The van der Waals surface area contributed by atoms with E-state index >= 15 is 0 Å². The summed E-state index contributed by atoms with van der Waals surface area (Å²) >= 11 is 0. The molecule has 5 nitrogen and oxygen atoms in total. The van der Waals surface area contributed by atoms with Gasteiger partial charge in [0.25, 0.3) is 0 Å². The second-order valence-corrected chi connectivity index (χ2v) is 8.01. The molecule has 0 unspecified atom stereocenters. The van der Waals surface area contributed by atoms with Gasteiger partial charge in [0.1, 0.15) is 5.58 Å². The molecule has 4 rings (SSSR count). The molecule has 144 valence electrons. The molecule has 0 atom stereocenters. The van der Waals surface area contributed by atoms with E-state index in [0.29, 0.717) is 25.4 Å². The van der Waals surface area contributed by atoms with Gasteiger partial charge in [-0.3, -0.25) is 9.59 Å². The number of piperidine rings is 1. The Bertz CT molecular complexity index is 856. The number of nitrogens with zero attached hydrogens (tertiary/aromatic N) is 2. The van der Waals surface area contributed by atoms with E-state index in [1.165, 1.54) is 5.56 Å². The largest absolute Gasteiger partial charge is 0.464 e. The van der Waals surface area contributed by atoms with Crippen molar-refractivity contribution in [3.05, 3.63) is 35.1 Å². The van der Waals surface area contributed by atoms with Crippen molar-refractivity contribution in [1.82, 2.24) is 9.80 Å². The van der Waals surface area contributed by atoms with Crippen molar-refractivity contribution < 1.29 is 14.0 Å². The van der Waals surface area contributed by atoms with Crippen LogP contribution in [0.1, 0.15) is 42.4 Å². The lowest BCUT2D eigenvalue weighted by molar-refractivity contribution is -0.139. The number of fused-ring (bicyclic) bond motifs is 1. The van der Waals surface area contributed by atoms with Gasteiger partial charge in [0.2, 0.25) is 11.8 Å². The minimum atomic E-state index is 0.0903. The first-order valence-electron chi connectivity index (χ1n) is 10.1. The normalized spacial score (nSPS) is 18.4. The summed E-state index contributed by atoms with van der Waals surface area (Å²) in [5.74, 6) is 0.516. The Morgan fingerprint density at radius 2 is 1.74 bits per heavy atom. The SMILES string of the molecule is Cc1ccc2c(CC(=O)N3CCC(C(=O)N4CCCC4)CC3)coc2c1C. The summed E-state index contributed by atoms with van der Waals surface area (Å²) in [6.45, 7) is 7.29. The molecule has 2 aliphatic rings. The topological polar surface area (TPSA) is 53.8 Å². The van der Waals surface area contributed by atoms with Gasteiger partial charge in [0, 0.05) is 43.0 Å². The van der Waals surface area contributed by atoms with Gasteiger partial charge in [0.05, 0.1) is 12.7 Å². The first-order valence-corrected chi connectivity index (χ1v) is 10.1. The van der Waals surface area contributed by atoms with Gasteiger partial charge in [0.15, 0.2) is 0 Å². The fraction of sp³-hybridized carbons (Fsp3) is 0.545. The minimum Gasteiger partial charge on any atom is -0.464 e. The van der Waals surface area contributed by atoms with Crippen LogP contribution in [-0.4, -0.2) is 47.8 Å². The van der Waals surface area contributed by atoms with Crippen LogP contribution in [0, 0.1) is 19.8 Å². The Hall–Kier alpha value is -2.30. The van der Waals surface area contributed by atoms with Gasteiger partial charge in [-0.25, -0.2) is 0 Å². The van der Waals surface area contributed by atoms with Crippen LogP contribution < -0.4 is 0 Å². The molecule has 1 aromatic carbocycles. The third-order valence-corrected chi connectivity index (χ3v) is 6.30. The first-order chi connectivity index (χ1) is 13.0. The van der Waals surface area contributed by atoms with Crippen LogP contribution in [0.25, 0.3) is 11.0 Å². The Morgan fingerprint density at radius 3 is 2.44 bits per heavy atom. The van der Waals surface area contributed by atoms with E-state index in [9.17, 15) is 9.59 Å². The average molecular weight is 368 g/mol. The maximum atomic E-state index is 12.8. The van der Waals surface area contributed by atoms with E-state index in [2.05, 4.69) is 19.9 Å². The van der Waals surface area contributed by atoms with E-state index in [-0.39, 0.29) is 11.8 Å². The number of aryl methyl sites for hydroxylation is 2. The molecule has 0 radical (unpaired) electrons. The summed E-state index contributed by atoms with van der Waals surface area (Å²) in [7, 11) is 0. The molecule has 0 spiro atoms. The molecule has 27 heavy (non-hydrogen) atoms. The monoisotopic (exact) mass is 368 g/mol. The van der Waals surface area contributed by atoms with Gasteiger partial charge in [-0.1, -0.05) is 12.1 Å². The number of benzene rings is 1. The summed E-state index contributed by atoms with van der Waals surface area (Å²) in [5.41, 5.74) is 4.16. The molecule has 0 N–H and O–H groups in total. The standard InChI is InChI=1S/C22H28N2O3/c1-15-5-6-19-18(14-27-21(19)16(15)2)13-20(25)23-11-7-17(8-12-23)22(26)24-9-3-4-10-24/h5-6,14,17H,3-4,7-13H2,1-2H3. The van der Waals surface area contributed by atoms with Crippen molar-refractivity contribution in [3.63, 3.8) is 0 Å². The van der Waals surface area contributed by atoms with Gasteiger partial charge in [-0.2, -0.15) is 0 Å². The lowest BCUT2D eigenvalue weighted by atomic mass is 9.95. The first kappa shape index (κ1) is 18.1. The lowest BCUT2D eigenvalue weighted by Crippen LogP contribution is -2.44. The highest BCUT2D eigenvalue weighted by Gasteiger charge is 2.31. The Labute approximate surface area is 160 Å². The van der Waals surface area contributed by atoms with Gasteiger partial charge in [-0.15, -0.1) is 0 Å². The van der Waals surface area contributed by atoms with E-state index in [4.69, 9.17) is 4.42 Å². The molecule has 2 aromatic rings. The second-order valence-electron chi connectivity index (χ2n) is 8.01. The van der Waals surface area contributed by atoms with Crippen LogP contribution in [0.5, 0.6) is 0 Å². The van der Waals surface area contributed by atoms with Gasteiger partial charge < -0.3 is 14.2 Å². The summed E-state index contributed by atoms with van der Waals surface area (Å²) in [6.07, 6.45) is 5.90. The highest BCUT2D eigenvalue weighted by molar-refractivity contribution is 5.89. The zero-order valence-corrected chi connectivity index (χ0v) is 16.3. The van der Waals surface area contributed by atoms with Crippen LogP contribution >= 0.6 is 0 Å². The molecular formula is C22H28N2O3. The number of rotatable bonds is 3. The predicted octanol–water partition coefficient (Wildman–Crippen LogP) is 3.45. The molecule has 2 fully saturated rings. The fourth-order valence-corrected chi connectivity index (χ4v) is 4.37. The quantitative estimate of drug-likeness (QED) is 0.834. The minimum absolute atomic E-state index is 0.0903. The Morgan fingerprint density at radius 1 is 1.04 bits per heavy atom. The van der Waals surface area contributed by atoms with E-state index in [1.54, 1.807) is 6.26 Å². The summed E-state index contributed by atoms with van der Waals surface area (Å²) in [4.78, 5) is 29.2. The molecular weight excluding hydrogens is 340 g/mol. The van der Waals surface area contributed by atoms with Crippen LogP contribution in [0.3, 0.4) is 0 Å². The zero-order valence-electron chi connectivity index (χ0n) is 16.3. The number of likely N-dealkylation sites (tertiary alicyclic amines) is 2. The van der Waals surface area contributed by atoms with E-state index in [1.807, 2.05) is 15.9 Å². The molecule has 0 aliphatic carbocycles. The third kappa shape index (κ3) is 3.47. The maximum Gasteiger partial charge on any atom is 0.227 e. The van der Waals surface area contributed by atoms with Crippen LogP contribution in [-0.2, 0) is 16.0 Å². The Balaban J connectivity index is 1.37. The second kappa shape index (κ2) is 7.37. The van der Waals surface area contributed by atoms with Crippen molar-refractivity contribution in [1.29, 1.82) is 0 Å². The maximum absolute atomic E-state index is 12.8. The van der Waals surface area contributed by atoms with Crippen molar-refractivity contribution in [3.8, 4) is 0 Å². The summed E-state index contributed by atoms with van der Waals surface area (Å²) in [5, 5.41) is 1.03. The van der Waals surface area contributed by atoms with Crippen LogP contribution in [0.15, 0.2) is 22.8 Å². The lowest BCUT2D eigenvalue weighted by Gasteiger charge is -2.33. The molecule has 2 amide bonds. The van der Waals surface area contributed by atoms with Crippen molar-refractivity contribution >= 4 is 22.8 Å². The summed E-state index contributed by atoms with van der Waals surface area (Å²) in [6, 6.07) is 4.13. The van der Waals surface area contributed by atoms with Crippen molar-refractivity contribution in [2.75, 3.05) is 26.2 Å². The average Bonchev–Trinajstić information content (AvgIpc) is 3.35. The molecule has 2 aliphatic heterocycles. The molecule has 2 saturated heterocycles. The predicted molar refractivity (Wildman–Crippen MR) is 105 cm³/mol. The number of carbonyl (C=O) groups excluding carboxylic acids is 2.